The third-order valence-corrected chi connectivity index (χ3v) is 3.35. The van der Waals surface area contributed by atoms with Gasteiger partial charge < -0.3 is 15.1 Å². The average molecular weight is 284 g/mol. The van der Waals surface area contributed by atoms with Gasteiger partial charge in [0.2, 0.25) is 0 Å². The first kappa shape index (κ1) is 14.9. The van der Waals surface area contributed by atoms with Gasteiger partial charge in [0.05, 0.1) is 5.69 Å². The topological polar surface area (TPSA) is 56.1 Å². The van der Waals surface area contributed by atoms with Crippen LogP contribution in [0.4, 0.5) is 11.4 Å². The monoisotopic (exact) mass is 284 g/mol. The first-order valence-electron chi connectivity index (χ1n) is 7.05. The molecule has 0 saturated carbocycles. The zero-order valence-corrected chi connectivity index (χ0v) is 12.3. The number of hydrogen-bond acceptors (Lipinski definition) is 4. The van der Waals surface area contributed by atoms with Gasteiger partial charge in [-0.05, 0) is 50.2 Å². The van der Waals surface area contributed by atoms with Gasteiger partial charge in [-0.2, -0.15) is 0 Å². The molecule has 0 fully saturated rings. The van der Waals surface area contributed by atoms with E-state index in [4.69, 9.17) is 0 Å². The van der Waals surface area contributed by atoms with Crippen LogP contribution in [0.5, 0.6) is 11.5 Å². The standard InChI is InChI=1S/C17H20N2O2/c1-3-19(4-2)15-8-5-13(17(21)11-15)12-18-14-6-9-16(20)10-7-14/h5-12,20-21H,3-4H2,1-2H3. The molecule has 2 aromatic carbocycles. The number of benzene rings is 2. The number of nitrogens with zero attached hydrogens (tertiary/aromatic N) is 2. The van der Waals surface area contributed by atoms with Crippen LogP contribution in [-0.2, 0) is 0 Å². The lowest BCUT2D eigenvalue weighted by Crippen LogP contribution is -2.21. The van der Waals surface area contributed by atoms with Crippen molar-refractivity contribution < 1.29 is 10.2 Å². The second kappa shape index (κ2) is 6.79. The first-order valence-corrected chi connectivity index (χ1v) is 7.05. The fourth-order valence-corrected chi connectivity index (χ4v) is 2.11. The third kappa shape index (κ3) is 3.75. The lowest BCUT2D eigenvalue weighted by Gasteiger charge is -2.21. The van der Waals surface area contributed by atoms with Crippen LogP contribution in [0.25, 0.3) is 0 Å². The zero-order valence-electron chi connectivity index (χ0n) is 12.3. The Morgan fingerprint density at radius 2 is 1.67 bits per heavy atom. The molecular formula is C17H20N2O2. The maximum atomic E-state index is 10.1. The quantitative estimate of drug-likeness (QED) is 0.823. The average Bonchev–Trinajstić information content (AvgIpc) is 2.49. The number of rotatable bonds is 5. The van der Waals surface area contributed by atoms with Gasteiger partial charge in [-0.15, -0.1) is 0 Å². The Kier molecular flexibility index (Phi) is 4.82. The second-order valence-corrected chi connectivity index (χ2v) is 4.69. The number of phenols is 2. The number of aromatic hydroxyl groups is 2. The molecule has 0 amide bonds. The van der Waals surface area contributed by atoms with E-state index in [0.29, 0.717) is 5.56 Å². The molecule has 4 nitrogen and oxygen atoms in total. The van der Waals surface area contributed by atoms with Gasteiger partial charge in [0, 0.05) is 36.6 Å². The van der Waals surface area contributed by atoms with Gasteiger partial charge in [-0.1, -0.05) is 0 Å². The van der Waals surface area contributed by atoms with Crippen molar-refractivity contribution in [1.29, 1.82) is 0 Å². The normalized spacial score (nSPS) is 11.0. The summed E-state index contributed by atoms with van der Waals surface area (Å²) in [5, 5.41) is 19.3. The highest BCUT2D eigenvalue weighted by molar-refractivity contribution is 5.86. The molecule has 0 aliphatic rings. The van der Waals surface area contributed by atoms with E-state index < -0.39 is 0 Å². The Morgan fingerprint density at radius 1 is 1.00 bits per heavy atom. The predicted octanol–water partition coefficient (Wildman–Crippen LogP) is 3.69. The summed E-state index contributed by atoms with van der Waals surface area (Å²) in [6.07, 6.45) is 1.62. The molecule has 21 heavy (non-hydrogen) atoms. The van der Waals surface area contributed by atoms with Crippen LogP contribution in [0.1, 0.15) is 19.4 Å². The summed E-state index contributed by atoms with van der Waals surface area (Å²) < 4.78 is 0. The Bertz CT molecular complexity index is 617. The molecule has 0 unspecified atom stereocenters. The van der Waals surface area contributed by atoms with Crippen molar-refractivity contribution in [3.05, 3.63) is 48.0 Å². The van der Waals surface area contributed by atoms with Crippen molar-refractivity contribution in [2.24, 2.45) is 4.99 Å². The minimum absolute atomic E-state index is 0.209. The van der Waals surface area contributed by atoms with Gasteiger partial charge in [0.1, 0.15) is 11.5 Å². The summed E-state index contributed by atoms with van der Waals surface area (Å²) in [5.41, 5.74) is 2.39. The van der Waals surface area contributed by atoms with Crippen molar-refractivity contribution in [3.63, 3.8) is 0 Å². The molecule has 0 heterocycles. The molecule has 2 rings (SSSR count). The van der Waals surface area contributed by atoms with Gasteiger partial charge >= 0.3 is 0 Å². The molecule has 0 aromatic heterocycles. The van der Waals surface area contributed by atoms with Gasteiger partial charge in [-0.25, -0.2) is 0 Å². The lowest BCUT2D eigenvalue weighted by molar-refractivity contribution is 0.474. The Morgan fingerprint density at radius 3 is 2.24 bits per heavy atom. The maximum Gasteiger partial charge on any atom is 0.126 e. The van der Waals surface area contributed by atoms with Crippen LogP contribution in [0.3, 0.4) is 0 Å². The molecule has 0 spiro atoms. The van der Waals surface area contributed by atoms with Gasteiger partial charge in [0.15, 0.2) is 0 Å². The maximum absolute atomic E-state index is 10.1. The highest BCUT2D eigenvalue weighted by Crippen LogP contribution is 2.24. The molecule has 0 bridgehead atoms. The van der Waals surface area contributed by atoms with Crippen LogP contribution in [-0.4, -0.2) is 29.5 Å². The minimum atomic E-state index is 0.209. The third-order valence-electron chi connectivity index (χ3n) is 3.35. The fraction of sp³-hybridized carbons (Fsp3) is 0.235. The molecule has 4 heteroatoms. The van der Waals surface area contributed by atoms with Crippen molar-refractivity contribution in [2.45, 2.75) is 13.8 Å². The van der Waals surface area contributed by atoms with Crippen LogP contribution in [0.15, 0.2) is 47.5 Å². The largest absolute Gasteiger partial charge is 0.508 e. The van der Waals surface area contributed by atoms with Gasteiger partial charge in [-0.3, -0.25) is 4.99 Å². The van der Waals surface area contributed by atoms with E-state index in [-0.39, 0.29) is 11.5 Å². The van der Waals surface area contributed by atoms with E-state index in [9.17, 15) is 10.2 Å². The fourth-order valence-electron chi connectivity index (χ4n) is 2.11. The highest BCUT2D eigenvalue weighted by Gasteiger charge is 2.05. The van der Waals surface area contributed by atoms with Crippen LogP contribution in [0.2, 0.25) is 0 Å². The second-order valence-electron chi connectivity index (χ2n) is 4.69. The summed E-state index contributed by atoms with van der Waals surface area (Å²) in [4.78, 5) is 6.45. The molecular weight excluding hydrogens is 264 g/mol. The van der Waals surface area contributed by atoms with E-state index in [1.807, 2.05) is 12.1 Å². The molecule has 2 aromatic rings. The minimum Gasteiger partial charge on any atom is -0.508 e. The summed E-state index contributed by atoms with van der Waals surface area (Å²) in [6.45, 7) is 5.97. The van der Waals surface area contributed by atoms with Crippen molar-refractivity contribution in [1.82, 2.24) is 0 Å². The van der Waals surface area contributed by atoms with Crippen molar-refractivity contribution in [2.75, 3.05) is 18.0 Å². The Balaban J connectivity index is 2.19. The summed E-state index contributed by atoms with van der Waals surface area (Å²) >= 11 is 0. The predicted molar refractivity (Wildman–Crippen MR) is 87.0 cm³/mol. The molecule has 2 N–H and O–H groups in total. The Hall–Kier alpha value is -2.49. The van der Waals surface area contributed by atoms with Crippen molar-refractivity contribution >= 4 is 17.6 Å². The molecule has 0 atom stereocenters. The van der Waals surface area contributed by atoms with Crippen LogP contribution >= 0.6 is 0 Å². The molecule has 110 valence electrons. The Labute approximate surface area is 125 Å². The summed E-state index contributed by atoms with van der Waals surface area (Å²) in [7, 11) is 0. The number of hydrogen-bond donors (Lipinski definition) is 2. The number of aliphatic imine (C=N–C) groups is 1. The first-order chi connectivity index (χ1) is 10.1. The summed E-state index contributed by atoms with van der Waals surface area (Å²) in [5.74, 6) is 0.419. The smallest absolute Gasteiger partial charge is 0.126 e. The van der Waals surface area contributed by atoms with Gasteiger partial charge in [0.25, 0.3) is 0 Å². The number of anilines is 1. The zero-order chi connectivity index (χ0) is 15.2. The molecule has 0 aliphatic carbocycles. The molecule has 0 saturated heterocycles. The van der Waals surface area contributed by atoms with E-state index in [1.165, 1.54) is 0 Å². The SMILES string of the molecule is CCN(CC)c1ccc(C=Nc2ccc(O)cc2)c(O)c1. The molecule has 0 aliphatic heterocycles. The highest BCUT2D eigenvalue weighted by atomic mass is 16.3. The number of phenolic OH excluding ortho intramolecular Hbond substituents is 2. The van der Waals surface area contributed by atoms with E-state index >= 15 is 0 Å². The van der Waals surface area contributed by atoms with E-state index in [0.717, 1.165) is 24.5 Å². The van der Waals surface area contributed by atoms with E-state index in [1.54, 1.807) is 36.5 Å². The lowest BCUT2D eigenvalue weighted by atomic mass is 10.2. The summed E-state index contributed by atoms with van der Waals surface area (Å²) in [6, 6.07) is 12.2. The van der Waals surface area contributed by atoms with Crippen LogP contribution < -0.4 is 4.90 Å². The van der Waals surface area contributed by atoms with Crippen molar-refractivity contribution in [3.8, 4) is 11.5 Å². The van der Waals surface area contributed by atoms with Crippen LogP contribution in [0, 0.1) is 0 Å². The molecule has 0 radical (unpaired) electrons. The van der Waals surface area contributed by atoms with E-state index in [2.05, 4.69) is 23.7 Å².